The quantitative estimate of drug-likeness (QED) is 0.446. The zero-order chi connectivity index (χ0) is 25.3. The summed E-state index contributed by atoms with van der Waals surface area (Å²) in [6.45, 7) is 4.58. The monoisotopic (exact) mass is 483 g/mol. The molecule has 1 aliphatic heterocycles. The topological polar surface area (TPSA) is 72.3 Å². The van der Waals surface area contributed by atoms with Crippen LogP contribution < -0.4 is 10.1 Å². The summed E-state index contributed by atoms with van der Waals surface area (Å²) in [5.74, 6) is 0.588. The molecule has 1 saturated heterocycles. The van der Waals surface area contributed by atoms with Gasteiger partial charge in [-0.2, -0.15) is 5.10 Å². The molecule has 36 heavy (non-hydrogen) atoms. The lowest BCUT2D eigenvalue weighted by molar-refractivity contribution is 0.0930. The van der Waals surface area contributed by atoms with Crippen molar-refractivity contribution in [2.75, 3.05) is 27.2 Å². The lowest BCUT2D eigenvalue weighted by Crippen LogP contribution is -2.35. The van der Waals surface area contributed by atoms with E-state index in [1.54, 1.807) is 25.6 Å². The molecule has 0 unspecified atom stereocenters. The van der Waals surface area contributed by atoms with Crippen molar-refractivity contribution in [3.8, 4) is 17.0 Å². The number of benzene rings is 2. The van der Waals surface area contributed by atoms with Gasteiger partial charge in [-0.05, 0) is 93.8 Å². The number of amides is 1. The fraction of sp³-hybridized carbons (Fsp3) is 0.345. The van der Waals surface area contributed by atoms with E-state index in [1.807, 2.05) is 42.9 Å². The average Bonchev–Trinajstić information content (AvgIpc) is 3.52. The highest BCUT2D eigenvalue weighted by atomic mass is 16.5. The Bertz CT molecular complexity index is 1400. The first-order valence-corrected chi connectivity index (χ1v) is 12.4. The van der Waals surface area contributed by atoms with Crippen molar-refractivity contribution in [3.05, 3.63) is 77.6 Å². The van der Waals surface area contributed by atoms with Gasteiger partial charge in [-0.3, -0.25) is 14.5 Å². The van der Waals surface area contributed by atoms with E-state index in [0.717, 1.165) is 46.1 Å². The molecule has 2 aromatic heterocycles. The van der Waals surface area contributed by atoms with Crippen molar-refractivity contribution in [1.82, 2.24) is 25.0 Å². The number of hydrogen-bond acceptors (Lipinski definition) is 5. The number of aryl methyl sites for hydroxylation is 2. The van der Waals surface area contributed by atoms with E-state index in [9.17, 15) is 4.79 Å². The van der Waals surface area contributed by atoms with Crippen LogP contribution in [0.3, 0.4) is 0 Å². The number of rotatable bonds is 5. The lowest BCUT2D eigenvalue weighted by atomic mass is 9.94. The normalized spacial score (nSPS) is 16.0. The number of pyridine rings is 1. The van der Waals surface area contributed by atoms with E-state index in [4.69, 9.17) is 4.74 Å². The van der Waals surface area contributed by atoms with Crippen LogP contribution in [0.2, 0.25) is 0 Å². The second-order valence-corrected chi connectivity index (χ2v) is 9.81. The molecule has 1 N–H and O–H groups in total. The minimum atomic E-state index is -0.400. The summed E-state index contributed by atoms with van der Waals surface area (Å²) >= 11 is 0. The van der Waals surface area contributed by atoms with Crippen LogP contribution in [0.5, 0.6) is 5.75 Å². The van der Waals surface area contributed by atoms with Crippen molar-refractivity contribution < 1.29 is 9.53 Å². The first-order valence-electron chi connectivity index (χ1n) is 12.4. The van der Waals surface area contributed by atoms with Gasteiger partial charge in [0.15, 0.2) is 0 Å². The third-order valence-corrected chi connectivity index (χ3v) is 7.22. The molecular formula is C29H33N5O2. The fourth-order valence-electron chi connectivity index (χ4n) is 4.70. The van der Waals surface area contributed by atoms with Crippen molar-refractivity contribution in [3.63, 3.8) is 0 Å². The molecule has 2 aromatic carbocycles. The largest absolute Gasteiger partial charge is 0.497 e. The van der Waals surface area contributed by atoms with E-state index in [1.165, 1.54) is 19.5 Å². The van der Waals surface area contributed by atoms with Crippen molar-refractivity contribution >= 4 is 16.8 Å². The van der Waals surface area contributed by atoms with E-state index in [2.05, 4.69) is 45.5 Å². The fourth-order valence-corrected chi connectivity index (χ4v) is 4.70. The van der Waals surface area contributed by atoms with E-state index in [0.29, 0.717) is 11.3 Å². The number of carbonyl (C=O) groups excluding carboxylic acids is 1. The number of aromatic nitrogens is 3. The van der Waals surface area contributed by atoms with Crippen LogP contribution in [0.4, 0.5) is 0 Å². The first-order chi connectivity index (χ1) is 17.4. The maximum Gasteiger partial charge on any atom is 0.252 e. The molecule has 7 heteroatoms. The molecule has 0 atom stereocenters. The van der Waals surface area contributed by atoms with Gasteiger partial charge >= 0.3 is 0 Å². The van der Waals surface area contributed by atoms with E-state index >= 15 is 0 Å². The first kappa shape index (κ1) is 24.0. The highest BCUT2D eigenvalue weighted by molar-refractivity contribution is 5.98. The molecule has 186 valence electrons. The van der Waals surface area contributed by atoms with Crippen LogP contribution in [0.15, 0.2) is 60.9 Å². The molecule has 1 amide bonds. The number of hydrogen-bond donors (Lipinski definition) is 1. The summed E-state index contributed by atoms with van der Waals surface area (Å²) in [4.78, 5) is 20.2. The summed E-state index contributed by atoms with van der Waals surface area (Å²) in [6.07, 6.45) is 6.78. The molecule has 2 aliphatic rings. The van der Waals surface area contributed by atoms with E-state index in [-0.39, 0.29) is 5.91 Å². The predicted octanol–water partition coefficient (Wildman–Crippen LogP) is 4.69. The van der Waals surface area contributed by atoms with Crippen molar-refractivity contribution in [2.45, 2.75) is 31.7 Å². The number of likely N-dealkylation sites (tertiary alicyclic amines) is 1. The minimum Gasteiger partial charge on any atom is -0.497 e. The summed E-state index contributed by atoms with van der Waals surface area (Å²) in [5.41, 5.74) is 5.22. The van der Waals surface area contributed by atoms with E-state index < -0.39 is 5.54 Å². The Kier molecular flexibility index (Phi) is 6.49. The predicted molar refractivity (Wildman–Crippen MR) is 142 cm³/mol. The minimum absolute atomic E-state index is 0.0862. The van der Waals surface area contributed by atoms with Gasteiger partial charge in [-0.1, -0.05) is 12.1 Å². The average molecular weight is 484 g/mol. The van der Waals surface area contributed by atoms with Gasteiger partial charge in [0.2, 0.25) is 0 Å². The molecule has 1 aliphatic carbocycles. The Hall–Kier alpha value is -3.71. The Labute approximate surface area is 212 Å². The van der Waals surface area contributed by atoms with Crippen LogP contribution >= 0.6 is 0 Å². The Morgan fingerprint density at radius 3 is 2.44 bits per heavy atom. The van der Waals surface area contributed by atoms with Crippen LogP contribution in [0.25, 0.3) is 22.2 Å². The number of ether oxygens (including phenoxy) is 1. The van der Waals surface area contributed by atoms with Gasteiger partial charge in [-0.25, -0.2) is 0 Å². The SMILES string of the molecule is CN1CCC1.COc1ccc(C)c(C(=O)NC2(c3cc(-c4ccnn4C)cc4ncccc34)CC2)c1. The molecule has 6 rings (SSSR count). The zero-order valence-electron chi connectivity index (χ0n) is 21.4. The standard InChI is InChI=1S/C25H24N4O2.C4H9N/c1-16-6-7-18(31-3)15-20(16)24(30)28-25(9-10-25)21-13-17(23-8-12-27-29(23)2)14-22-19(21)5-4-11-26-22;1-5-3-2-4-5/h4-8,11-15H,9-10H2,1-3H3,(H,28,30);2-4H2,1H3. The number of carbonyl (C=O) groups is 1. The zero-order valence-corrected chi connectivity index (χ0v) is 21.4. The van der Waals surface area contributed by atoms with Crippen LogP contribution in [-0.2, 0) is 12.6 Å². The number of nitrogens with zero attached hydrogens (tertiary/aromatic N) is 4. The Morgan fingerprint density at radius 2 is 1.83 bits per heavy atom. The summed E-state index contributed by atoms with van der Waals surface area (Å²) in [6, 6.07) is 15.9. The molecule has 0 radical (unpaired) electrons. The molecular weight excluding hydrogens is 450 g/mol. The van der Waals surface area contributed by atoms with Crippen molar-refractivity contribution in [1.29, 1.82) is 0 Å². The summed E-state index contributed by atoms with van der Waals surface area (Å²) in [5, 5.41) is 8.70. The van der Waals surface area contributed by atoms with Crippen LogP contribution in [0.1, 0.15) is 40.7 Å². The number of nitrogens with one attached hydrogen (secondary N) is 1. The van der Waals surface area contributed by atoms with Crippen LogP contribution in [-0.4, -0.2) is 52.8 Å². The smallest absolute Gasteiger partial charge is 0.252 e. The van der Waals surface area contributed by atoms with Gasteiger partial charge in [0, 0.05) is 36.0 Å². The second kappa shape index (κ2) is 9.74. The van der Waals surface area contributed by atoms with Gasteiger partial charge in [0.25, 0.3) is 5.91 Å². The maximum atomic E-state index is 13.3. The number of fused-ring (bicyclic) bond motifs is 1. The molecule has 0 bridgehead atoms. The van der Waals surface area contributed by atoms with Crippen LogP contribution in [0, 0.1) is 6.92 Å². The highest BCUT2D eigenvalue weighted by Crippen LogP contribution is 2.49. The van der Waals surface area contributed by atoms with Gasteiger partial charge in [0.05, 0.1) is 23.9 Å². The Balaban J connectivity index is 0.000000477. The molecule has 7 nitrogen and oxygen atoms in total. The molecule has 3 heterocycles. The molecule has 4 aromatic rings. The second-order valence-electron chi connectivity index (χ2n) is 9.81. The molecule has 1 saturated carbocycles. The lowest BCUT2D eigenvalue weighted by Gasteiger charge is -2.24. The third kappa shape index (κ3) is 4.71. The third-order valence-electron chi connectivity index (χ3n) is 7.22. The maximum absolute atomic E-state index is 13.3. The highest BCUT2D eigenvalue weighted by Gasteiger charge is 2.47. The van der Waals surface area contributed by atoms with Crippen molar-refractivity contribution in [2.24, 2.45) is 7.05 Å². The Morgan fingerprint density at radius 1 is 1.06 bits per heavy atom. The van der Waals surface area contributed by atoms with Gasteiger partial charge in [0.1, 0.15) is 5.75 Å². The van der Waals surface area contributed by atoms with Gasteiger partial charge < -0.3 is 15.0 Å². The summed E-state index contributed by atoms with van der Waals surface area (Å²) in [7, 11) is 5.68. The van der Waals surface area contributed by atoms with Gasteiger partial charge in [-0.15, -0.1) is 0 Å². The molecule has 2 fully saturated rings. The molecule has 0 spiro atoms. The summed E-state index contributed by atoms with van der Waals surface area (Å²) < 4.78 is 7.17. The number of methoxy groups -OCH3 is 1.